The standard InChI is InChI=1S/C25H38N6O.HI/c1-3-26-25(31-14-15-32-24(20-31)23-17-28-29(2)18-23)27-16-21-10-6-7-11-22(21)19-30-12-8-4-5-9-13-30;/h6-7,10-11,17-18,24H,3-5,8-9,12-16,19-20H2,1-2H3,(H,26,27);1H. The Morgan fingerprint density at radius 2 is 1.88 bits per heavy atom. The number of nitrogens with zero attached hydrogens (tertiary/aromatic N) is 5. The number of aliphatic imine (C=N–C) groups is 1. The monoisotopic (exact) mass is 566 g/mol. The summed E-state index contributed by atoms with van der Waals surface area (Å²) in [6.45, 7) is 9.45. The lowest BCUT2D eigenvalue weighted by molar-refractivity contribution is -0.00805. The summed E-state index contributed by atoms with van der Waals surface area (Å²) in [5.74, 6) is 0.967. The molecule has 2 aliphatic rings. The van der Waals surface area contributed by atoms with E-state index in [0.717, 1.165) is 37.7 Å². The Hall–Kier alpha value is -1.65. The highest BCUT2D eigenvalue weighted by atomic mass is 127. The van der Waals surface area contributed by atoms with Gasteiger partial charge in [0.15, 0.2) is 5.96 Å². The third-order valence-electron chi connectivity index (χ3n) is 6.41. The first-order valence-corrected chi connectivity index (χ1v) is 12.2. The van der Waals surface area contributed by atoms with Gasteiger partial charge in [0, 0.05) is 38.4 Å². The predicted octanol–water partition coefficient (Wildman–Crippen LogP) is 3.95. The number of guanidine groups is 1. The summed E-state index contributed by atoms with van der Waals surface area (Å²) in [4.78, 5) is 9.98. The lowest BCUT2D eigenvalue weighted by Crippen LogP contribution is -2.48. The van der Waals surface area contributed by atoms with Crippen LogP contribution in [0.2, 0.25) is 0 Å². The molecule has 0 aliphatic carbocycles. The highest BCUT2D eigenvalue weighted by Gasteiger charge is 2.25. The molecule has 1 aromatic carbocycles. The van der Waals surface area contributed by atoms with Crippen molar-refractivity contribution in [3.63, 3.8) is 0 Å². The molecule has 2 fully saturated rings. The van der Waals surface area contributed by atoms with E-state index in [4.69, 9.17) is 9.73 Å². The molecule has 33 heavy (non-hydrogen) atoms. The van der Waals surface area contributed by atoms with Gasteiger partial charge in [-0.15, -0.1) is 24.0 Å². The van der Waals surface area contributed by atoms with Gasteiger partial charge < -0.3 is 15.0 Å². The van der Waals surface area contributed by atoms with Crippen molar-refractivity contribution < 1.29 is 4.74 Å². The first-order chi connectivity index (χ1) is 15.7. The third kappa shape index (κ3) is 7.42. The molecule has 2 saturated heterocycles. The molecule has 4 rings (SSSR count). The van der Waals surface area contributed by atoms with E-state index >= 15 is 0 Å². The summed E-state index contributed by atoms with van der Waals surface area (Å²) in [6, 6.07) is 8.80. The van der Waals surface area contributed by atoms with Crippen LogP contribution >= 0.6 is 24.0 Å². The van der Waals surface area contributed by atoms with E-state index in [1.165, 1.54) is 49.9 Å². The zero-order chi connectivity index (χ0) is 22.2. The maximum Gasteiger partial charge on any atom is 0.194 e. The number of ether oxygens (including phenoxy) is 1. The molecule has 0 radical (unpaired) electrons. The van der Waals surface area contributed by atoms with Crippen LogP contribution in [0.3, 0.4) is 0 Å². The quantitative estimate of drug-likeness (QED) is 0.326. The number of nitrogens with one attached hydrogen (secondary N) is 1. The van der Waals surface area contributed by atoms with Crippen LogP contribution in [-0.4, -0.2) is 64.9 Å². The number of likely N-dealkylation sites (tertiary alicyclic amines) is 1. The number of hydrogen-bond acceptors (Lipinski definition) is 4. The molecule has 0 saturated carbocycles. The van der Waals surface area contributed by atoms with Crippen molar-refractivity contribution >= 4 is 29.9 Å². The number of rotatable bonds is 6. The Morgan fingerprint density at radius 1 is 1.12 bits per heavy atom. The number of hydrogen-bond donors (Lipinski definition) is 1. The molecule has 1 aromatic heterocycles. The van der Waals surface area contributed by atoms with Gasteiger partial charge in [-0.1, -0.05) is 37.1 Å². The first-order valence-electron chi connectivity index (χ1n) is 12.2. The van der Waals surface area contributed by atoms with Crippen LogP contribution in [0.15, 0.2) is 41.7 Å². The van der Waals surface area contributed by atoms with Crippen molar-refractivity contribution in [3.8, 4) is 0 Å². The van der Waals surface area contributed by atoms with Gasteiger partial charge >= 0.3 is 0 Å². The average Bonchev–Trinajstić information content (AvgIpc) is 3.09. The molecule has 1 atom stereocenters. The summed E-state index contributed by atoms with van der Waals surface area (Å²) in [5, 5.41) is 7.80. The number of benzene rings is 1. The van der Waals surface area contributed by atoms with E-state index < -0.39 is 0 Å². The molecule has 7 nitrogen and oxygen atoms in total. The Bertz CT molecular complexity index is 877. The molecule has 182 valence electrons. The van der Waals surface area contributed by atoms with Gasteiger partial charge in [0.25, 0.3) is 0 Å². The molecular weight excluding hydrogens is 527 g/mol. The molecule has 2 aliphatic heterocycles. The molecule has 2 aromatic rings. The zero-order valence-electron chi connectivity index (χ0n) is 20.1. The van der Waals surface area contributed by atoms with E-state index in [1.807, 2.05) is 24.1 Å². The minimum absolute atomic E-state index is 0. The second kappa shape index (κ2) is 13.3. The second-order valence-electron chi connectivity index (χ2n) is 8.88. The maximum absolute atomic E-state index is 6.03. The van der Waals surface area contributed by atoms with Crippen LogP contribution in [0, 0.1) is 0 Å². The first kappa shape index (κ1) is 26.0. The fourth-order valence-electron chi connectivity index (χ4n) is 4.64. The van der Waals surface area contributed by atoms with Crippen LogP contribution in [-0.2, 0) is 24.9 Å². The molecule has 1 unspecified atom stereocenters. The van der Waals surface area contributed by atoms with E-state index in [0.29, 0.717) is 13.2 Å². The molecule has 0 amide bonds. The van der Waals surface area contributed by atoms with Crippen molar-refractivity contribution in [1.29, 1.82) is 0 Å². The summed E-state index contributed by atoms with van der Waals surface area (Å²) in [6.07, 6.45) is 9.34. The Balaban J connectivity index is 0.00000306. The lowest BCUT2D eigenvalue weighted by Gasteiger charge is -2.34. The fourth-order valence-corrected chi connectivity index (χ4v) is 4.64. The summed E-state index contributed by atoms with van der Waals surface area (Å²) in [5.41, 5.74) is 3.85. The Morgan fingerprint density at radius 3 is 2.58 bits per heavy atom. The molecule has 0 spiro atoms. The Kier molecular flexibility index (Phi) is 10.5. The largest absolute Gasteiger partial charge is 0.370 e. The maximum atomic E-state index is 6.03. The van der Waals surface area contributed by atoms with Crippen molar-refractivity contribution in [1.82, 2.24) is 24.9 Å². The minimum atomic E-state index is 0. The minimum Gasteiger partial charge on any atom is -0.370 e. The van der Waals surface area contributed by atoms with E-state index in [1.54, 1.807) is 0 Å². The van der Waals surface area contributed by atoms with Crippen molar-refractivity contribution in [2.45, 2.75) is 51.8 Å². The molecule has 1 N–H and O–H groups in total. The van der Waals surface area contributed by atoms with Gasteiger partial charge in [0.05, 0.1) is 25.9 Å². The Labute approximate surface area is 215 Å². The van der Waals surface area contributed by atoms with Crippen molar-refractivity contribution in [2.75, 3.05) is 39.3 Å². The van der Waals surface area contributed by atoms with Gasteiger partial charge in [-0.05, 0) is 44.0 Å². The van der Waals surface area contributed by atoms with E-state index in [-0.39, 0.29) is 30.1 Å². The average molecular weight is 567 g/mol. The van der Waals surface area contributed by atoms with Gasteiger partial charge in [0.1, 0.15) is 6.10 Å². The van der Waals surface area contributed by atoms with Gasteiger partial charge in [-0.25, -0.2) is 4.99 Å². The van der Waals surface area contributed by atoms with E-state index in [9.17, 15) is 0 Å². The van der Waals surface area contributed by atoms with Crippen LogP contribution in [0.1, 0.15) is 55.4 Å². The van der Waals surface area contributed by atoms with Gasteiger partial charge in [-0.2, -0.15) is 5.10 Å². The van der Waals surface area contributed by atoms with Gasteiger partial charge in [-0.3, -0.25) is 9.58 Å². The van der Waals surface area contributed by atoms with Crippen LogP contribution in [0.4, 0.5) is 0 Å². The SMILES string of the molecule is CCNC(=NCc1ccccc1CN1CCCCCC1)N1CCOC(c2cnn(C)c2)C1.I. The highest BCUT2D eigenvalue weighted by molar-refractivity contribution is 14.0. The van der Waals surface area contributed by atoms with Crippen molar-refractivity contribution in [2.24, 2.45) is 12.0 Å². The highest BCUT2D eigenvalue weighted by Crippen LogP contribution is 2.22. The number of aromatic nitrogens is 2. The summed E-state index contributed by atoms with van der Waals surface area (Å²) in [7, 11) is 1.94. The topological polar surface area (TPSA) is 57.9 Å². The van der Waals surface area contributed by atoms with Crippen LogP contribution in [0.5, 0.6) is 0 Å². The zero-order valence-corrected chi connectivity index (χ0v) is 22.4. The smallest absolute Gasteiger partial charge is 0.194 e. The lowest BCUT2D eigenvalue weighted by atomic mass is 10.1. The van der Waals surface area contributed by atoms with Crippen LogP contribution in [0.25, 0.3) is 0 Å². The number of halogens is 1. The van der Waals surface area contributed by atoms with Crippen LogP contribution < -0.4 is 5.32 Å². The molecule has 8 heteroatoms. The van der Waals surface area contributed by atoms with Gasteiger partial charge in [0.2, 0.25) is 0 Å². The number of morpholine rings is 1. The number of aryl methyl sites for hydroxylation is 1. The molecule has 3 heterocycles. The summed E-state index contributed by atoms with van der Waals surface area (Å²) < 4.78 is 7.86. The van der Waals surface area contributed by atoms with Crippen molar-refractivity contribution in [3.05, 3.63) is 53.3 Å². The van der Waals surface area contributed by atoms with E-state index in [2.05, 4.69) is 51.4 Å². The second-order valence-corrected chi connectivity index (χ2v) is 8.88. The molecular formula is C25H39IN6O. The fraction of sp³-hybridized carbons (Fsp3) is 0.600. The summed E-state index contributed by atoms with van der Waals surface area (Å²) >= 11 is 0. The normalized spacial score (nSPS) is 20.2. The molecule has 0 bridgehead atoms. The predicted molar refractivity (Wildman–Crippen MR) is 144 cm³/mol. The third-order valence-corrected chi connectivity index (χ3v) is 6.41.